The Morgan fingerprint density at radius 1 is 1.31 bits per heavy atom. The van der Waals surface area contributed by atoms with E-state index in [0.29, 0.717) is 28.8 Å². The van der Waals surface area contributed by atoms with Gasteiger partial charge in [-0.15, -0.1) is 4.99 Å². The number of benzene rings is 2. The maximum absolute atomic E-state index is 13.7. The molecule has 2 aromatic carbocycles. The highest BCUT2D eigenvalue weighted by molar-refractivity contribution is 6.42. The third kappa shape index (κ3) is 5.62. The number of hydrogen-bond donors (Lipinski definition) is 2. The third-order valence-electron chi connectivity index (χ3n) is 4.38. The molecule has 1 aliphatic heterocycles. The number of likely N-dealkylation sites (N-methyl/N-ethyl adjacent to an activating group) is 1. The maximum Gasteiger partial charge on any atom is 0.387 e. The molecule has 0 amide bonds. The van der Waals surface area contributed by atoms with Gasteiger partial charge >= 0.3 is 6.61 Å². The summed E-state index contributed by atoms with van der Waals surface area (Å²) < 4.78 is 42.9. The highest BCUT2D eigenvalue weighted by Crippen LogP contribution is 2.26. The van der Waals surface area contributed by atoms with Crippen LogP contribution < -0.4 is 15.4 Å². The fraction of sp³-hybridized carbons (Fsp3) is 0.250. The van der Waals surface area contributed by atoms with Crippen molar-refractivity contribution in [3.05, 3.63) is 57.8 Å². The molecule has 0 aliphatic carbocycles. The number of anilines is 1. The number of hydrogen-bond acceptors (Lipinski definition) is 5. The number of guanidine groups is 1. The summed E-state index contributed by atoms with van der Waals surface area (Å²) in [6.07, 6.45) is 1.67. The lowest BCUT2D eigenvalue weighted by molar-refractivity contribution is -0.0521. The quantitative estimate of drug-likeness (QED) is 0.353. The normalized spacial score (nSPS) is 16.2. The van der Waals surface area contributed by atoms with Gasteiger partial charge in [0.1, 0.15) is 0 Å². The van der Waals surface area contributed by atoms with Crippen molar-refractivity contribution in [3.63, 3.8) is 0 Å². The maximum atomic E-state index is 13.7. The second kappa shape index (κ2) is 10.5. The first-order chi connectivity index (χ1) is 15.3. The van der Waals surface area contributed by atoms with Gasteiger partial charge in [0.25, 0.3) is 0 Å². The summed E-state index contributed by atoms with van der Waals surface area (Å²) in [4.78, 5) is 3.74. The number of alkyl halides is 2. The van der Waals surface area contributed by atoms with Gasteiger partial charge in [-0.3, -0.25) is 0 Å². The number of nitrogens with zero attached hydrogens (tertiary/aromatic N) is 4. The van der Waals surface area contributed by atoms with Crippen LogP contribution in [0.3, 0.4) is 0 Å². The van der Waals surface area contributed by atoms with E-state index in [1.54, 1.807) is 24.4 Å². The largest absolute Gasteiger partial charge is 0.432 e. The minimum absolute atomic E-state index is 0.0140. The van der Waals surface area contributed by atoms with Crippen molar-refractivity contribution in [3.8, 4) is 11.9 Å². The molecule has 1 aliphatic rings. The highest BCUT2D eigenvalue weighted by Gasteiger charge is 2.30. The van der Waals surface area contributed by atoms with Crippen molar-refractivity contribution in [2.75, 3.05) is 18.4 Å². The molecular weight excluding hydrogens is 468 g/mol. The molecule has 0 spiro atoms. The van der Waals surface area contributed by atoms with Crippen molar-refractivity contribution < 1.29 is 17.9 Å². The molecule has 12 heteroatoms. The molecule has 0 aromatic heterocycles. The van der Waals surface area contributed by atoms with Crippen LogP contribution in [0.4, 0.5) is 18.9 Å². The molecule has 0 radical (unpaired) electrons. The summed E-state index contributed by atoms with van der Waals surface area (Å²) in [6.45, 7) is -0.312. The van der Waals surface area contributed by atoms with Gasteiger partial charge < -0.3 is 15.4 Å². The van der Waals surface area contributed by atoms with Crippen LogP contribution in [0.5, 0.6) is 5.75 Å². The first kappa shape index (κ1) is 23.7. The molecule has 168 valence electrons. The van der Waals surface area contributed by atoms with Crippen LogP contribution >= 0.6 is 23.2 Å². The van der Waals surface area contributed by atoms with E-state index in [1.807, 2.05) is 6.92 Å². The smallest absolute Gasteiger partial charge is 0.387 e. The summed E-state index contributed by atoms with van der Waals surface area (Å²) in [5.41, 5.74) is 1.53. The van der Waals surface area contributed by atoms with E-state index in [1.165, 1.54) is 11.1 Å². The SMILES string of the molecule is CCNC1CN(/C(=N\C#N)Nc2ccc(F)c(OC(F)F)c2)N=C1c1ccc(Cl)c(Cl)c1. The number of aliphatic imine (C=N–C) groups is 1. The molecule has 0 bridgehead atoms. The Morgan fingerprint density at radius 2 is 2.09 bits per heavy atom. The Hall–Kier alpha value is -3.00. The predicted octanol–water partition coefficient (Wildman–Crippen LogP) is 4.68. The number of nitrogens with one attached hydrogen (secondary N) is 2. The van der Waals surface area contributed by atoms with Gasteiger partial charge in [0.15, 0.2) is 11.6 Å². The number of nitriles is 1. The molecule has 2 N–H and O–H groups in total. The van der Waals surface area contributed by atoms with Gasteiger partial charge in [0.05, 0.1) is 28.3 Å². The Morgan fingerprint density at radius 3 is 2.75 bits per heavy atom. The molecule has 7 nitrogen and oxygen atoms in total. The standard InChI is InChI=1S/C20H17Cl2F3N6O/c1-2-27-16-9-31(30-18(16)11-3-5-13(21)14(22)7-11)20(28-10-26)29-12-4-6-15(23)17(8-12)32-19(24)25/h3-8,16,19,27H,2,9H2,1H3,(H,28,29). The van der Waals surface area contributed by atoms with Crippen LogP contribution in [0.15, 0.2) is 46.5 Å². The zero-order valence-corrected chi connectivity index (χ0v) is 18.1. The number of hydrazone groups is 1. The first-order valence-electron chi connectivity index (χ1n) is 9.35. The van der Waals surface area contributed by atoms with E-state index in [2.05, 4.69) is 25.5 Å². The molecule has 1 heterocycles. The van der Waals surface area contributed by atoms with Gasteiger partial charge in [-0.2, -0.15) is 19.1 Å². The second-order valence-electron chi connectivity index (χ2n) is 6.49. The summed E-state index contributed by atoms with van der Waals surface area (Å²) >= 11 is 12.1. The van der Waals surface area contributed by atoms with E-state index in [9.17, 15) is 13.2 Å². The topological polar surface area (TPSA) is 85.0 Å². The minimum Gasteiger partial charge on any atom is -0.432 e. The van der Waals surface area contributed by atoms with Crippen LogP contribution in [0.1, 0.15) is 12.5 Å². The zero-order valence-electron chi connectivity index (χ0n) is 16.6. The average Bonchev–Trinajstić information content (AvgIpc) is 3.16. The monoisotopic (exact) mass is 484 g/mol. The van der Waals surface area contributed by atoms with Gasteiger partial charge in [0.2, 0.25) is 12.2 Å². The number of ether oxygens (including phenoxy) is 1. The minimum atomic E-state index is -3.19. The van der Waals surface area contributed by atoms with Crippen molar-refractivity contribution in [2.45, 2.75) is 19.6 Å². The van der Waals surface area contributed by atoms with Gasteiger partial charge in [-0.1, -0.05) is 36.2 Å². The number of rotatable bonds is 6. The molecule has 2 aromatic rings. The van der Waals surface area contributed by atoms with Crippen LogP contribution in [0.2, 0.25) is 10.0 Å². The molecule has 0 saturated heterocycles. The van der Waals surface area contributed by atoms with Crippen molar-refractivity contribution in [1.82, 2.24) is 10.3 Å². The lowest BCUT2D eigenvalue weighted by atomic mass is 10.0. The lowest BCUT2D eigenvalue weighted by Gasteiger charge is -2.19. The fourth-order valence-electron chi connectivity index (χ4n) is 3.05. The predicted molar refractivity (Wildman–Crippen MR) is 117 cm³/mol. The summed E-state index contributed by atoms with van der Waals surface area (Å²) in [7, 11) is 0. The van der Waals surface area contributed by atoms with Crippen LogP contribution in [0, 0.1) is 17.3 Å². The van der Waals surface area contributed by atoms with Crippen molar-refractivity contribution >= 4 is 40.6 Å². The van der Waals surface area contributed by atoms with Crippen LogP contribution in [-0.4, -0.2) is 42.4 Å². The highest BCUT2D eigenvalue weighted by atomic mass is 35.5. The summed E-state index contributed by atoms with van der Waals surface area (Å²) in [6, 6.07) is 8.16. The van der Waals surface area contributed by atoms with Gasteiger partial charge in [0, 0.05) is 17.3 Å². The molecule has 0 saturated carbocycles. The van der Waals surface area contributed by atoms with E-state index in [4.69, 9.17) is 28.5 Å². The Labute approximate surface area is 192 Å². The summed E-state index contributed by atoms with van der Waals surface area (Å²) in [5, 5.41) is 22.0. The molecule has 1 unspecified atom stereocenters. The third-order valence-corrected chi connectivity index (χ3v) is 5.12. The van der Waals surface area contributed by atoms with E-state index in [0.717, 1.165) is 17.7 Å². The first-order valence-corrected chi connectivity index (χ1v) is 10.1. The van der Waals surface area contributed by atoms with Crippen molar-refractivity contribution in [1.29, 1.82) is 5.26 Å². The van der Waals surface area contributed by atoms with E-state index < -0.39 is 18.2 Å². The molecule has 1 atom stereocenters. The molecular formula is C20H17Cl2F3N6O. The average molecular weight is 485 g/mol. The second-order valence-corrected chi connectivity index (χ2v) is 7.31. The number of halogens is 5. The lowest BCUT2D eigenvalue weighted by Crippen LogP contribution is -2.41. The summed E-state index contributed by atoms with van der Waals surface area (Å²) in [5.74, 6) is -1.59. The van der Waals surface area contributed by atoms with Crippen LogP contribution in [0.25, 0.3) is 0 Å². The van der Waals surface area contributed by atoms with Crippen molar-refractivity contribution in [2.24, 2.45) is 10.1 Å². The van der Waals surface area contributed by atoms with Crippen LogP contribution in [-0.2, 0) is 0 Å². The Bertz CT molecular complexity index is 1090. The Balaban J connectivity index is 1.91. The fourth-order valence-corrected chi connectivity index (χ4v) is 3.35. The Kier molecular flexibility index (Phi) is 7.80. The molecule has 0 fully saturated rings. The van der Waals surface area contributed by atoms with Gasteiger partial charge in [-0.05, 0) is 30.8 Å². The van der Waals surface area contributed by atoms with E-state index >= 15 is 0 Å². The van der Waals surface area contributed by atoms with E-state index in [-0.39, 0.29) is 17.7 Å². The molecule has 32 heavy (non-hydrogen) atoms. The molecule has 3 rings (SSSR count). The zero-order chi connectivity index (χ0) is 23.3. The van der Waals surface area contributed by atoms with Gasteiger partial charge in [-0.25, -0.2) is 9.40 Å².